The Kier molecular flexibility index (Phi) is 10.2. The molecule has 0 heterocycles. The second kappa shape index (κ2) is 13.8. The zero-order valence-electron chi connectivity index (χ0n) is 24.8. The van der Waals surface area contributed by atoms with Gasteiger partial charge in [0, 0.05) is 18.5 Å². The molecule has 0 spiro atoms. The van der Waals surface area contributed by atoms with Crippen LogP contribution in [0.5, 0.6) is 0 Å². The van der Waals surface area contributed by atoms with Gasteiger partial charge in [-0.1, -0.05) is 72.8 Å². The maximum absolute atomic E-state index is 15.2. The van der Waals surface area contributed by atoms with Gasteiger partial charge in [-0.3, -0.25) is 13.9 Å². The molecule has 0 aromatic heterocycles. The third kappa shape index (κ3) is 8.29. The number of hydrogen-bond acceptors (Lipinski definition) is 4. The molecule has 1 N–H and O–H groups in total. The van der Waals surface area contributed by atoms with Gasteiger partial charge in [0.25, 0.3) is 10.0 Å². The van der Waals surface area contributed by atoms with Crippen LogP contribution in [-0.2, 0) is 32.6 Å². The van der Waals surface area contributed by atoms with Crippen molar-refractivity contribution in [1.29, 1.82) is 0 Å². The van der Waals surface area contributed by atoms with E-state index in [1.54, 1.807) is 6.07 Å². The van der Waals surface area contributed by atoms with Crippen LogP contribution in [0.15, 0.2) is 114 Å². The van der Waals surface area contributed by atoms with Crippen molar-refractivity contribution in [2.24, 2.45) is 0 Å². The van der Waals surface area contributed by atoms with E-state index >= 15 is 4.39 Å². The van der Waals surface area contributed by atoms with Gasteiger partial charge in [-0.15, -0.1) is 0 Å². The summed E-state index contributed by atoms with van der Waals surface area (Å²) in [7, 11) is -4.42. The van der Waals surface area contributed by atoms with Gasteiger partial charge in [0.15, 0.2) is 0 Å². The van der Waals surface area contributed by atoms with Gasteiger partial charge in [0.1, 0.15) is 24.2 Å². The Balaban J connectivity index is 1.82. The van der Waals surface area contributed by atoms with Crippen LogP contribution in [0.4, 0.5) is 14.5 Å². The highest BCUT2D eigenvalue weighted by atomic mass is 32.2. The fraction of sp³-hybridized carbons (Fsp3) is 0.235. The Morgan fingerprint density at radius 3 is 1.93 bits per heavy atom. The molecule has 0 radical (unpaired) electrons. The third-order valence-corrected chi connectivity index (χ3v) is 8.54. The lowest BCUT2D eigenvalue weighted by Crippen LogP contribution is -2.56. The van der Waals surface area contributed by atoms with Crippen LogP contribution >= 0.6 is 0 Å². The molecule has 44 heavy (non-hydrogen) atoms. The normalized spacial score (nSPS) is 12.3. The highest BCUT2D eigenvalue weighted by Gasteiger charge is 2.36. The van der Waals surface area contributed by atoms with Crippen LogP contribution in [0.1, 0.15) is 31.9 Å². The van der Waals surface area contributed by atoms with Crippen LogP contribution in [0.3, 0.4) is 0 Å². The number of carbonyl (C=O) groups is 2. The Morgan fingerprint density at radius 2 is 1.34 bits per heavy atom. The molecular weight excluding hydrogens is 584 g/mol. The topological polar surface area (TPSA) is 86.8 Å². The first-order chi connectivity index (χ1) is 20.8. The molecule has 7 nitrogen and oxygen atoms in total. The lowest BCUT2D eigenvalue weighted by molar-refractivity contribution is -0.140. The van der Waals surface area contributed by atoms with E-state index in [9.17, 15) is 22.4 Å². The highest BCUT2D eigenvalue weighted by Crippen LogP contribution is 2.27. The van der Waals surface area contributed by atoms with Crippen molar-refractivity contribution in [3.8, 4) is 0 Å². The number of nitrogens with one attached hydrogen (secondary N) is 1. The average Bonchev–Trinajstić information content (AvgIpc) is 2.99. The van der Waals surface area contributed by atoms with E-state index in [0.29, 0.717) is 5.56 Å². The fourth-order valence-electron chi connectivity index (χ4n) is 4.68. The van der Waals surface area contributed by atoms with Gasteiger partial charge in [-0.25, -0.2) is 17.2 Å². The SMILES string of the molecule is CC(C)(C)NC(=O)C(Cc1ccccc1)N(Cc1ccc(F)cc1)C(=O)CN(c1ccccc1F)S(=O)(=O)c1ccccc1. The number of carbonyl (C=O) groups excluding carboxylic acids is 2. The van der Waals surface area contributed by atoms with Gasteiger partial charge < -0.3 is 10.2 Å². The van der Waals surface area contributed by atoms with Gasteiger partial charge in [-0.05, 0) is 68.3 Å². The van der Waals surface area contributed by atoms with Gasteiger partial charge >= 0.3 is 0 Å². The quantitative estimate of drug-likeness (QED) is 0.233. The molecule has 0 aliphatic rings. The van der Waals surface area contributed by atoms with Crippen LogP contribution in [0.2, 0.25) is 0 Å². The Bertz CT molecular complexity index is 1680. The average molecular weight is 620 g/mol. The number of rotatable bonds is 11. The molecule has 10 heteroatoms. The molecule has 2 amide bonds. The summed E-state index contributed by atoms with van der Waals surface area (Å²) in [6.45, 7) is 4.49. The molecule has 1 unspecified atom stereocenters. The molecular formula is C34H35F2N3O4S. The molecule has 4 rings (SSSR count). The molecule has 0 bridgehead atoms. The second-order valence-corrected chi connectivity index (χ2v) is 13.2. The number of amides is 2. The summed E-state index contributed by atoms with van der Waals surface area (Å²) in [5.41, 5.74) is 0.322. The molecule has 4 aromatic rings. The van der Waals surface area contributed by atoms with Crippen molar-refractivity contribution in [2.75, 3.05) is 10.8 Å². The van der Waals surface area contributed by atoms with E-state index < -0.39 is 51.6 Å². The van der Waals surface area contributed by atoms with Gasteiger partial charge in [0.05, 0.1) is 10.6 Å². The number of para-hydroxylation sites is 1. The molecule has 4 aromatic carbocycles. The highest BCUT2D eigenvalue weighted by molar-refractivity contribution is 7.92. The predicted molar refractivity (Wildman–Crippen MR) is 166 cm³/mol. The summed E-state index contributed by atoms with van der Waals surface area (Å²) in [4.78, 5) is 29.3. The molecule has 230 valence electrons. The number of hydrogen-bond donors (Lipinski definition) is 1. The third-order valence-electron chi connectivity index (χ3n) is 6.77. The Hall–Kier alpha value is -4.57. The summed E-state index contributed by atoms with van der Waals surface area (Å²) in [6, 6.07) is 26.2. The first kappa shape index (κ1) is 32.3. The van der Waals surface area contributed by atoms with Crippen molar-refractivity contribution < 1.29 is 26.8 Å². The maximum atomic E-state index is 15.2. The Morgan fingerprint density at radius 1 is 0.773 bits per heavy atom. The van der Waals surface area contributed by atoms with Crippen LogP contribution in [-0.4, -0.2) is 43.3 Å². The summed E-state index contributed by atoms with van der Waals surface area (Å²) >= 11 is 0. The zero-order valence-corrected chi connectivity index (χ0v) is 25.6. The first-order valence-corrected chi connectivity index (χ1v) is 15.5. The standard InChI is InChI=1S/C34H35F2N3O4S/c1-34(2,3)37-33(41)31(22-25-12-6-4-7-13-25)38(23-26-18-20-27(35)21-19-26)32(40)24-39(30-17-11-10-16-29(30)36)44(42,43)28-14-8-5-9-15-28/h4-21,31H,22-24H2,1-3H3,(H,37,41). The van der Waals surface area contributed by atoms with Crippen LogP contribution < -0.4 is 9.62 Å². The molecule has 0 aliphatic heterocycles. The monoisotopic (exact) mass is 619 g/mol. The zero-order chi connectivity index (χ0) is 31.9. The predicted octanol–water partition coefficient (Wildman–Crippen LogP) is 5.71. The fourth-order valence-corrected chi connectivity index (χ4v) is 6.12. The molecule has 0 fully saturated rings. The summed E-state index contributed by atoms with van der Waals surface area (Å²) in [5.74, 6) is -2.52. The van der Waals surface area contributed by atoms with Crippen molar-refractivity contribution >= 4 is 27.5 Å². The van der Waals surface area contributed by atoms with Crippen molar-refractivity contribution in [3.63, 3.8) is 0 Å². The number of nitrogens with zero attached hydrogens (tertiary/aromatic N) is 2. The molecule has 0 aliphatic carbocycles. The summed E-state index contributed by atoms with van der Waals surface area (Å²) in [5, 5.41) is 2.94. The van der Waals surface area contributed by atoms with E-state index in [-0.39, 0.29) is 23.5 Å². The van der Waals surface area contributed by atoms with Crippen molar-refractivity contribution in [1.82, 2.24) is 10.2 Å². The Labute approximate surface area is 257 Å². The number of anilines is 1. The number of halogens is 2. The minimum Gasteiger partial charge on any atom is -0.350 e. The molecule has 0 saturated carbocycles. The van der Waals surface area contributed by atoms with Crippen LogP contribution in [0, 0.1) is 11.6 Å². The van der Waals surface area contributed by atoms with E-state index in [2.05, 4.69) is 5.32 Å². The molecule has 1 atom stereocenters. The van der Waals surface area contributed by atoms with Gasteiger partial charge in [0.2, 0.25) is 11.8 Å². The van der Waals surface area contributed by atoms with E-state index in [0.717, 1.165) is 15.9 Å². The lowest BCUT2D eigenvalue weighted by Gasteiger charge is -2.35. The lowest BCUT2D eigenvalue weighted by atomic mass is 10.0. The largest absolute Gasteiger partial charge is 0.350 e. The second-order valence-electron chi connectivity index (χ2n) is 11.4. The minimum absolute atomic E-state index is 0.112. The smallest absolute Gasteiger partial charge is 0.264 e. The maximum Gasteiger partial charge on any atom is 0.264 e. The van der Waals surface area contributed by atoms with E-state index in [1.165, 1.54) is 71.6 Å². The number of sulfonamides is 1. The van der Waals surface area contributed by atoms with Gasteiger partial charge in [-0.2, -0.15) is 0 Å². The van der Waals surface area contributed by atoms with Crippen molar-refractivity contribution in [2.45, 2.75) is 50.2 Å². The van der Waals surface area contributed by atoms with Crippen molar-refractivity contribution in [3.05, 3.63) is 132 Å². The number of benzene rings is 4. The molecule has 0 saturated heterocycles. The summed E-state index contributed by atoms with van der Waals surface area (Å²) < 4.78 is 57.4. The minimum atomic E-state index is -4.42. The first-order valence-electron chi connectivity index (χ1n) is 14.1. The van der Waals surface area contributed by atoms with Crippen LogP contribution in [0.25, 0.3) is 0 Å². The van der Waals surface area contributed by atoms with E-state index in [4.69, 9.17) is 0 Å². The summed E-state index contributed by atoms with van der Waals surface area (Å²) in [6.07, 6.45) is 0.112. The van der Waals surface area contributed by atoms with E-state index in [1.807, 2.05) is 51.1 Å².